The van der Waals surface area contributed by atoms with Gasteiger partial charge in [-0.05, 0) is 13.0 Å². The molecule has 2 fully saturated rings. The lowest BCUT2D eigenvalue weighted by atomic mass is 10.2. The van der Waals surface area contributed by atoms with Crippen molar-refractivity contribution in [1.82, 2.24) is 14.5 Å². The molecule has 0 aromatic rings. The van der Waals surface area contributed by atoms with E-state index in [4.69, 9.17) is 17.0 Å². The summed E-state index contributed by atoms with van der Waals surface area (Å²) in [6.45, 7) is 6.99. The number of rotatable bonds is 4. The van der Waals surface area contributed by atoms with E-state index in [9.17, 15) is 8.42 Å². The quantitative estimate of drug-likeness (QED) is 0.727. The van der Waals surface area contributed by atoms with Crippen LogP contribution in [0.2, 0.25) is 0 Å². The number of thiocarbonyl (C=S) groups is 1. The molecule has 0 unspecified atom stereocenters. The van der Waals surface area contributed by atoms with Gasteiger partial charge in [-0.1, -0.05) is 24.4 Å². The fourth-order valence-corrected chi connectivity index (χ4v) is 5.43. The molecule has 1 aliphatic carbocycles. The molecule has 8 heteroatoms. The monoisotopic (exact) mass is 371 g/mol. The van der Waals surface area contributed by atoms with Gasteiger partial charge in [0.2, 0.25) is 10.0 Å². The molecule has 0 aromatic heterocycles. The first-order chi connectivity index (χ1) is 11.5. The van der Waals surface area contributed by atoms with Gasteiger partial charge in [-0.2, -0.15) is 4.31 Å². The van der Waals surface area contributed by atoms with Crippen LogP contribution in [0, 0.1) is 0 Å². The van der Waals surface area contributed by atoms with Crippen molar-refractivity contribution in [2.75, 3.05) is 45.9 Å². The molecule has 3 rings (SSSR count). The van der Waals surface area contributed by atoms with Crippen molar-refractivity contribution in [3.05, 3.63) is 23.1 Å². The molecular formula is C16H25N3O3S2. The van der Waals surface area contributed by atoms with Crippen LogP contribution in [0.3, 0.4) is 0 Å². The standard InChI is InChI=1S/C16H25N3O3S2/c1-13-12-22-9-8-18(13)10-14-11-19(7-6-17-14)24(20,21)16-5-3-2-4-15(16)23/h2-3,5,13-14,17H,4,6-12H2,1H3/t13-,14-/m0/s1. The molecule has 0 saturated carbocycles. The molecule has 0 bridgehead atoms. The van der Waals surface area contributed by atoms with E-state index in [2.05, 4.69) is 17.1 Å². The molecule has 3 aliphatic rings. The van der Waals surface area contributed by atoms with E-state index in [0.29, 0.717) is 41.9 Å². The molecule has 2 saturated heterocycles. The summed E-state index contributed by atoms with van der Waals surface area (Å²) >= 11 is 5.26. The van der Waals surface area contributed by atoms with Crippen LogP contribution in [0.1, 0.15) is 13.3 Å². The number of nitrogens with one attached hydrogen (secondary N) is 1. The summed E-state index contributed by atoms with van der Waals surface area (Å²) in [5, 5.41) is 3.45. The Morgan fingerprint density at radius 2 is 2.25 bits per heavy atom. The largest absolute Gasteiger partial charge is 0.379 e. The zero-order chi connectivity index (χ0) is 17.2. The maximum absolute atomic E-state index is 12.9. The van der Waals surface area contributed by atoms with Gasteiger partial charge >= 0.3 is 0 Å². The molecule has 1 N–H and O–H groups in total. The van der Waals surface area contributed by atoms with E-state index in [1.54, 1.807) is 16.5 Å². The molecular weight excluding hydrogens is 346 g/mol. The van der Waals surface area contributed by atoms with Crippen molar-refractivity contribution < 1.29 is 13.2 Å². The van der Waals surface area contributed by atoms with Gasteiger partial charge in [-0.3, -0.25) is 4.90 Å². The van der Waals surface area contributed by atoms with Gasteiger partial charge in [0.05, 0.1) is 18.1 Å². The van der Waals surface area contributed by atoms with Crippen molar-refractivity contribution in [3.8, 4) is 0 Å². The second-order valence-electron chi connectivity index (χ2n) is 6.52. The summed E-state index contributed by atoms with van der Waals surface area (Å²) in [5.74, 6) is 0. The molecule has 0 aromatic carbocycles. The van der Waals surface area contributed by atoms with Crippen LogP contribution in [0.5, 0.6) is 0 Å². The SMILES string of the molecule is C[C@H]1COCCN1C[C@H]1CN(S(=O)(=O)C2=CC=CCC2=S)CCN1. The molecule has 134 valence electrons. The van der Waals surface area contributed by atoms with Crippen LogP contribution in [-0.4, -0.2) is 80.5 Å². The highest BCUT2D eigenvalue weighted by Gasteiger charge is 2.34. The number of ether oxygens (including phenoxy) is 1. The third kappa shape index (κ3) is 3.95. The molecule has 0 spiro atoms. The minimum Gasteiger partial charge on any atom is -0.379 e. The van der Waals surface area contributed by atoms with Gasteiger partial charge in [0, 0.05) is 56.1 Å². The second kappa shape index (κ2) is 7.72. The smallest absolute Gasteiger partial charge is 0.244 e. The van der Waals surface area contributed by atoms with Crippen LogP contribution in [-0.2, 0) is 14.8 Å². The van der Waals surface area contributed by atoms with Gasteiger partial charge in [0.15, 0.2) is 0 Å². The van der Waals surface area contributed by atoms with Crippen LogP contribution in [0.25, 0.3) is 0 Å². The minimum absolute atomic E-state index is 0.127. The van der Waals surface area contributed by atoms with Gasteiger partial charge < -0.3 is 10.1 Å². The van der Waals surface area contributed by atoms with Crippen LogP contribution in [0.4, 0.5) is 0 Å². The van der Waals surface area contributed by atoms with Gasteiger partial charge in [-0.15, -0.1) is 0 Å². The van der Waals surface area contributed by atoms with Crippen molar-refractivity contribution in [3.63, 3.8) is 0 Å². The summed E-state index contributed by atoms with van der Waals surface area (Å²) in [7, 11) is -3.50. The zero-order valence-electron chi connectivity index (χ0n) is 14.0. The third-order valence-corrected chi connectivity index (χ3v) is 7.22. The number of nitrogens with zero attached hydrogens (tertiary/aromatic N) is 2. The third-order valence-electron chi connectivity index (χ3n) is 4.76. The van der Waals surface area contributed by atoms with E-state index >= 15 is 0 Å². The second-order valence-corrected chi connectivity index (χ2v) is 8.92. The average Bonchev–Trinajstić information content (AvgIpc) is 2.57. The van der Waals surface area contributed by atoms with Crippen molar-refractivity contribution in [1.29, 1.82) is 0 Å². The summed E-state index contributed by atoms with van der Waals surface area (Å²) in [4.78, 5) is 3.17. The summed E-state index contributed by atoms with van der Waals surface area (Å²) in [6, 6.07) is 0.494. The Hall–Kier alpha value is -0.640. The fraction of sp³-hybridized carbons (Fsp3) is 0.688. The Morgan fingerprint density at radius 3 is 3.00 bits per heavy atom. The Balaban J connectivity index is 1.67. The fourth-order valence-electron chi connectivity index (χ4n) is 3.34. The number of allylic oxidation sites excluding steroid dienone is 4. The van der Waals surface area contributed by atoms with Crippen molar-refractivity contribution in [2.45, 2.75) is 25.4 Å². The number of sulfonamides is 1. The predicted octanol–water partition coefficient (Wildman–Crippen LogP) is 0.524. The van der Waals surface area contributed by atoms with E-state index in [1.807, 2.05) is 6.08 Å². The van der Waals surface area contributed by atoms with Crippen LogP contribution < -0.4 is 5.32 Å². The first-order valence-electron chi connectivity index (χ1n) is 8.44. The van der Waals surface area contributed by atoms with Gasteiger partial charge in [0.25, 0.3) is 0 Å². The highest BCUT2D eigenvalue weighted by Crippen LogP contribution is 2.22. The molecule has 2 heterocycles. The normalized spacial score (nSPS) is 30.4. The Bertz CT molecular complexity index is 645. The molecule has 2 aliphatic heterocycles. The Morgan fingerprint density at radius 1 is 1.42 bits per heavy atom. The van der Waals surface area contributed by atoms with E-state index in [0.717, 1.165) is 26.3 Å². The highest BCUT2D eigenvalue weighted by molar-refractivity contribution is 7.96. The molecule has 24 heavy (non-hydrogen) atoms. The summed E-state index contributed by atoms with van der Waals surface area (Å²) < 4.78 is 32.9. The Labute approximate surface area is 149 Å². The predicted molar refractivity (Wildman–Crippen MR) is 98.6 cm³/mol. The number of piperazine rings is 1. The first kappa shape index (κ1) is 18.2. The summed E-state index contributed by atoms with van der Waals surface area (Å²) in [6.07, 6.45) is 5.82. The topological polar surface area (TPSA) is 61.9 Å². The lowest BCUT2D eigenvalue weighted by molar-refractivity contribution is -0.00615. The van der Waals surface area contributed by atoms with Crippen molar-refractivity contribution >= 4 is 27.1 Å². The molecule has 2 atom stereocenters. The van der Waals surface area contributed by atoms with Crippen molar-refractivity contribution in [2.24, 2.45) is 0 Å². The molecule has 0 radical (unpaired) electrons. The Kier molecular flexibility index (Phi) is 5.84. The van der Waals surface area contributed by atoms with Gasteiger partial charge in [0.1, 0.15) is 0 Å². The number of morpholine rings is 1. The lowest BCUT2D eigenvalue weighted by Gasteiger charge is -2.39. The van der Waals surface area contributed by atoms with E-state index < -0.39 is 10.0 Å². The molecule has 0 amide bonds. The number of hydrogen-bond acceptors (Lipinski definition) is 6. The maximum Gasteiger partial charge on any atom is 0.244 e. The van der Waals surface area contributed by atoms with Crippen LogP contribution >= 0.6 is 12.2 Å². The lowest BCUT2D eigenvalue weighted by Crippen LogP contribution is -2.58. The van der Waals surface area contributed by atoms with Gasteiger partial charge in [-0.25, -0.2) is 8.42 Å². The highest BCUT2D eigenvalue weighted by atomic mass is 32.2. The maximum atomic E-state index is 12.9. The minimum atomic E-state index is -3.50. The van der Waals surface area contributed by atoms with E-state index in [1.165, 1.54) is 0 Å². The number of hydrogen-bond donors (Lipinski definition) is 1. The molecule has 6 nitrogen and oxygen atoms in total. The average molecular weight is 372 g/mol. The first-order valence-corrected chi connectivity index (χ1v) is 10.3. The zero-order valence-corrected chi connectivity index (χ0v) is 15.6. The van der Waals surface area contributed by atoms with Crippen LogP contribution in [0.15, 0.2) is 23.1 Å². The summed E-state index contributed by atoms with van der Waals surface area (Å²) in [5.41, 5.74) is 0. The van der Waals surface area contributed by atoms with E-state index in [-0.39, 0.29) is 6.04 Å².